The van der Waals surface area contributed by atoms with Crippen LogP contribution in [0.2, 0.25) is 5.02 Å². The van der Waals surface area contributed by atoms with E-state index in [9.17, 15) is 13.5 Å². The zero-order valence-electron chi connectivity index (χ0n) is 17.1. The third kappa shape index (κ3) is 3.79. The fourth-order valence-corrected chi connectivity index (χ4v) is 4.97. The molecule has 0 amide bonds. The molecular formula is C22H24ClN3O3S. The first-order valence-corrected chi connectivity index (χ1v) is 11.7. The summed E-state index contributed by atoms with van der Waals surface area (Å²) >= 11 is 6.10. The number of aromatic nitrogens is 1. The molecule has 3 rings (SSSR count). The van der Waals surface area contributed by atoms with Gasteiger partial charge in [-0.2, -0.15) is 0 Å². The van der Waals surface area contributed by atoms with Crippen LogP contribution in [0, 0.1) is 6.57 Å². The second-order valence-corrected chi connectivity index (χ2v) is 9.79. The van der Waals surface area contributed by atoms with Crippen molar-refractivity contribution in [2.75, 3.05) is 17.5 Å². The summed E-state index contributed by atoms with van der Waals surface area (Å²) in [6.07, 6.45) is 3.42. The van der Waals surface area contributed by atoms with Crippen LogP contribution in [-0.2, 0) is 15.6 Å². The van der Waals surface area contributed by atoms with Crippen LogP contribution in [0.25, 0.3) is 15.7 Å². The lowest BCUT2D eigenvalue weighted by atomic mass is 9.73. The molecule has 0 aliphatic rings. The highest BCUT2D eigenvalue weighted by Gasteiger charge is 2.51. The lowest BCUT2D eigenvalue weighted by Gasteiger charge is -2.44. The minimum absolute atomic E-state index is 0.107. The van der Waals surface area contributed by atoms with Crippen molar-refractivity contribution >= 4 is 38.2 Å². The van der Waals surface area contributed by atoms with Gasteiger partial charge in [0.05, 0.1) is 17.5 Å². The van der Waals surface area contributed by atoms with Crippen LogP contribution in [0.1, 0.15) is 25.8 Å². The largest absolute Gasteiger partial charge is 0.380 e. The molecule has 0 saturated carbocycles. The molecule has 0 aliphatic heterocycles. The first-order valence-electron chi connectivity index (χ1n) is 9.46. The Morgan fingerprint density at radius 1 is 1.20 bits per heavy atom. The molecule has 2 unspecified atom stereocenters. The second-order valence-electron chi connectivity index (χ2n) is 7.61. The van der Waals surface area contributed by atoms with Gasteiger partial charge in [0.2, 0.25) is 16.6 Å². The van der Waals surface area contributed by atoms with Gasteiger partial charge in [0.15, 0.2) is 5.60 Å². The van der Waals surface area contributed by atoms with Crippen molar-refractivity contribution in [3.05, 3.63) is 76.7 Å². The van der Waals surface area contributed by atoms with E-state index >= 15 is 0 Å². The molecule has 3 aromatic rings. The van der Waals surface area contributed by atoms with E-state index in [2.05, 4.69) is 9.57 Å². The first-order chi connectivity index (χ1) is 14.1. The molecule has 1 heterocycles. The van der Waals surface area contributed by atoms with Gasteiger partial charge in [0.25, 0.3) is 0 Å². The Labute approximate surface area is 182 Å². The van der Waals surface area contributed by atoms with Crippen LogP contribution < -0.4 is 4.72 Å². The molecule has 6 nitrogen and oxygen atoms in total. The maximum absolute atomic E-state index is 11.8. The van der Waals surface area contributed by atoms with Crippen molar-refractivity contribution in [3.63, 3.8) is 0 Å². The lowest BCUT2D eigenvalue weighted by Crippen LogP contribution is -2.55. The molecule has 0 fully saturated rings. The molecule has 1 aromatic heterocycles. The van der Waals surface area contributed by atoms with Gasteiger partial charge in [0, 0.05) is 16.6 Å². The quantitative estimate of drug-likeness (QED) is 0.526. The molecule has 0 radical (unpaired) electrons. The molecule has 0 spiro atoms. The van der Waals surface area contributed by atoms with E-state index in [4.69, 9.17) is 18.2 Å². The van der Waals surface area contributed by atoms with Crippen LogP contribution in [-0.4, -0.2) is 36.5 Å². The van der Waals surface area contributed by atoms with Crippen LogP contribution in [0.15, 0.2) is 54.7 Å². The Balaban J connectivity index is 2.35. The minimum atomic E-state index is -3.46. The zero-order chi connectivity index (χ0) is 22.2. The van der Waals surface area contributed by atoms with Gasteiger partial charge in [-0.3, -0.25) is 4.72 Å². The van der Waals surface area contributed by atoms with Crippen molar-refractivity contribution in [1.29, 1.82) is 0 Å². The highest BCUT2D eigenvalue weighted by Crippen LogP contribution is 2.44. The monoisotopic (exact) mass is 445 g/mol. The van der Waals surface area contributed by atoms with E-state index in [0.717, 1.165) is 17.3 Å². The summed E-state index contributed by atoms with van der Waals surface area (Å²) in [5.41, 5.74) is -0.385. The average molecular weight is 446 g/mol. The molecule has 2 N–H and O–H groups in total. The lowest BCUT2D eigenvalue weighted by molar-refractivity contribution is -0.0260. The van der Waals surface area contributed by atoms with Gasteiger partial charge in [-0.15, -0.1) is 0 Å². The van der Waals surface area contributed by atoms with Crippen LogP contribution in [0.3, 0.4) is 0 Å². The standard InChI is InChI=1S/C22H24ClN3O3S/c1-5-22(21(2,27)15-24-3,16-9-11-17(23)12-10-16)26-14-13-18-19(25-30(4,28)29)7-6-8-20(18)26/h6-14,25,27H,5,15H2,1-2,4H3. The van der Waals surface area contributed by atoms with Crippen LogP contribution in [0.5, 0.6) is 0 Å². The predicted molar refractivity (Wildman–Crippen MR) is 121 cm³/mol. The summed E-state index contributed by atoms with van der Waals surface area (Å²) in [6, 6.07) is 14.4. The summed E-state index contributed by atoms with van der Waals surface area (Å²) in [5, 5.41) is 12.8. The SMILES string of the molecule is [C-]#[N+]CC(C)(O)C(CC)(c1ccc(Cl)cc1)n1ccc2c(NS(C)(=O)=O)cccc21. The maximum atomic E-state index is 11.8. The summed E-state index contributed by atoms with van der Waals surface area (Å²) in [5.74, 6) is 0. The third-order valence-corrected chi connectivity index (χ3v) is 6.39. The van der Waals surface area contributed by atoms with Crippen molar-refractivity contribution in [1.82, 2.24) is 4.57 Å². The Hall–Kier alpha value is -2.53. The Morgan fingerprint density at radius 2 is 1.87 bits per heavy atom. The van der Waals surface area contributed by atoms with E-state index < -0.39 is 21.2 Å². The van der Waals surface area contributed by atoms with E-state index in [1.807, 2.05) is 42.0 Å². The van der Waals surface area contributed by atoms with E-state index in [0.29, 0.717) is 22.5 Å². The average Bonchev–Trinajstić information content (AvgIpc) is 3.08. The van der Waals surface area contributed by atoms with Gasteiger partial charge in [-0.1, -0.05) is 36.7 Å². The number of nitrogens with zero attached hydrogens (tertiary/aromatic N) is 2. The predicted octanol–water partition coefficient (Wildman–Crippen LogP) is 4.49. The highest BCUT2D eigenvalue weighted by molar-refractivity contribution is 7.92. The molecule has 158 valence electrons. The van der Waals surface area contributed by atoms with Gasteiger partial charge >= 0.3 is 0 Å². The van der Waals surface area contributed by atoms with Crippen molar-refractivity contribution < 1.29 is 13.5 Å². The number of aliphatic hydroxyl groups is 1. The smallest absolute Gasteiger partial charge is 0.245 e. The zero-order valence-corrected chi connectivity index (χ0v) is 18.6. The number of sulfonamides is 1. The van der Waals surface area contributed by atoms with Crippen molar-refractivity contribution in [2.45, 2.75) is 31.4 Å². The number of fused-ring (bicyclic) bond motifs is 1. The number of anilines is 1. The molecule has 30 heavy (non-hydrogen) atoms. The van der Waals surface area contributed by atoms with Crippen LogP contribution in [0.4, 0.5) is 5.69 Å². The fourth-order valence-electron chi connectivity index (χ4n) is 4.26. The molecule has 0 aliphatic carbocycles. The number of hydrogen-bond donors (Lipinski definition) is 2. The molecule has 0 saturated heterocycles. The normalized spacial score (nSPS) is 15.9. The first kappa shape index (κ1) is 22.2. The Morgan fingerprint density at radius 3 is 2.43 bits per heavy atom. The summed E-state index contributed by atoms with van der Waals surface area (Å²) in [7, 11) is -3.46. The molecule has 2 aromatic carbocycles. The van der Waals surface area contributed by atoms with Crippen molar-refractivity contribution in [3.8, 4) is 0 Å². The summed E-state index contributed by atoms with van der Waals surface area (Å²) in [4.78, 5) is 3.49. The second kappa shape index (κ2) is 7.95. The Bertz CT molecular complexity index is 1210. The molecule has 0 bridgehead atoms. The Kier molecular flexibility index (Phi) is 5.87. The summed E-state index contributed by atoms with van der Waals surface area (Å²) < 4.78 is 28.1. The van der Waals surface area contributed by atoms with Gasteiger partial charge in [-0.05, 0) is 49.2 Å². The number of halogens is 1. The minimum Gasteiger partial charge on any atom is -0.380 e. The van der Waals surface area contributed by atoms with Crippen LogP contribution >= 0.6 is 11.6 Å². The van der Waals surface area contributed by atoms with Crippen molar-refractivity contribution in [2.24, 2.45) is 0 Å². The maximum Gasteiger partial charge on any atom is 0.245 e. The third-order valence-electron chi connectivity index (χ3n) is 5.55. The fraction of sp³-hybridized carbons (Fsp3) is 0.318. The van der Waals surface area contributed by atoms with E-state index in [1.165, 1.54) is 0 Å². The van der Waals surface area contributed by atoms with Gasteiger partial charge in [-0.25, -0.2) is 15.0 Å². The molecule has 2 atom stereocenters. The number of hydrogen-bond acceptors (Lipinski definition) is 3. The topological polar surface area (TPSA) is 75.7 Å². The van der Waals surface area contributed by atoms with Gasteiger partial charge < -0.3 is 14.5 Å². The molecule has 8 heteroatoms. The molecular weight excluding hydrogens is 422 g/mol. The van der Waals surface area contributed by atoms with E-state index in [-0.39, 0.29) is 6.54 Å². The highest BCUT2D eigenvalue weighted by atomic mass is 35.5. The summed E-state index contributed by atoms with van der Waals surface area (Å²) in [6.45, 7) is 10.9. The number of nitrogens with one attached hydrogen (secondary N) is 1. The number of benzene rings is 2. The van der Waals surface area contributed by atoms with Gasteiger partial charge in [0.1, 0.15) is 5.54 Å². The van der Waals surface area contributed by atoms with E-state index in [1.54, 1.807) is 31.2 Å². The number of rotatable bonds is 7.